The highest BCUT2D eigenvalue weighted by Gasteiger charge is 2.22. The average Bonchev–Trinajstić information content (AvgIpc) is 2.55. The van der Waals surface area contributed by atoms with Gasteiger partial charge in [0, 0.05) is 22.3 Å². The Morgan fingerprint density at radius 2 is 1.72 bits per heavy atom. The number of alkyl halides is 2. The second-order valence-electron chi connectivity index (χ2n) is 5.40. The van der Waals surface area contributed by atoms with Crippen molar-refractivity contribution in [1.82, 2.24) is 4.57 Å². The number of nitrogens with two attached hydrogens (primary N) is 2. The Labute approximate surface area is 139 Å². The fraction of sp³-hybridized carbons (Fsp3) is 0.0588. The van der Waals surface area contributed by atoms with Crippen LogP contribution in [-0.2, 0) is 0 Å². The van der Waals surface area contributed by atoms with Crippen LogP contribution < -0.4 is 17.0 Å². The molecule has 0 fully saturated rings. The third kappa shape index (κ3) is 2.67. The first-order chi connectivity index (χ1) is 11.8. The summed E-state index contributed by atoms with van der Waals surface area (Å²) in [6, 6.07) is 9.57. The van der Waals surface area contributed by atoms with Crippen LogP contribution in [0.4, 0.5) is 20.2 Å². The fourth-order valence-electron chi connectivity index (χ4n) is 2.65. The summed E-state index contributed by atoms with van der Waals surface area (Å²) in [5.74, 6) is -1.49. The molecule has 1 heterocycles. The molecule has 3 aromatic rings. The molecule has 6 nitrogen and oxygen atoms in total. The van der Waals surface area contributed by atoms with Crippen molar-refractivity contribution in [1.29, 1.82) is 0 Å². The lowest BCUT2D eigenvalue weighted by molar-refractivity contribution is 0.0696. The van der Waals surface area contributed by atoms with Gasteiger partial charge in [-0.1, -0.05) is 12.1 Å². The molecule has 0 unspecified atom stereocenters. The zero-order valence-corrected chi connectivity index (χ0v) is 12.7. The molecule has 0 radical (unpaired) electrons. The van der Waals surface area contributed by atoms with Gasteiger partial charge in [0.25, 0.3) is 12.0 Å². The minimum atomic E-state index is -2.75. The van der Waals surface area contributed by atoms with Gasteiger partial charge in [-0.25, -0.2) is 13.6 Å². The molecule has 0 saturated heterocycles. The first-order valence-corrected chi connectivity index (χ1v) is 7.16. The number of carbonyl (C=O) groups is 1. The Morgan fingerprint density at radius 3 is 2.28 bits per heavy atom. The molecule has 0 atom stereocenters. The molecule has 3 rings (SSSR count). The smallest absolute Gasteiger partial charge is 0.343 e. The second-order valence-corrected chi connectivity index (χ2v) is 5.40. The minimum Gasteiger partial charge on any atom is -0.477 e. The van der Waals surface area contributed by atoms with Crippen LogP contribution in [0.15, 0.2) is 47.3 Å². The monoisotopic (exact) mass is 345 g/mol. The van der Waals surface area contributed by atoms with Crippen LogP contribution in [0.3, 0.4) is 0 Å². The molecule has 25 heavy (non-hydrogen) atoms. The quantitative estimate of drug-likeness (QED) is 0.632. The van der Waals surface area contributed by atoms with Gasteiger partial charge in [-0.05, 0) is 30.3 Å². The minimum absolute atomic E-state index is 0.0927. The number of pyridine rings is 1. The lowest BCUT2D eigenvalue weighted by Gasteiger charge is -2.15. The van der Waals surface area contributed by atoms with E-state index in [1.807, 2.05) is 0 Å². The Balaban J connectivity index is 2.50. The Morgan fingerprint density at radius 1 is 1.08 bits per heavy atom. The van der Waals surface area contributed by atoms with Crippen molar-refractivity contribution in [2.75, 3.05) is 11.5 Å². The number of nitrogen functional groups attached to an aromatic ring is 2. The van der Waals surface area contributed by atoms with Gasteiger partial charge < -0.3 is 16.6 Å². The average molecular weight is 345 g/mol. The van der Waals surface area contributed by atoms with Gasteiger partial charge in [0.05, 0.1) is 11.2 Å². The van der Waals surface area contributed by atoms with Gasteiger partial charge in [-0.3, -0.25) is 9.36 Å². The molecular weight excluding hydrogens is 332 g/mol. The Hall–Kier alpha value is -3.42. The number of aromatic carboxylic acids is 1. The van der Waals surface area contributed by atoms with Gasteiger partial charge in [-0.2, -0.15) is 0 Å². The lowest BCUT2D eigenvalue weighted by atomic mass is 10.1. The van der Waals surface area contributed by atoms with Crippen molar-refractivity contribution in [3.63, 3.8) is 0 Å². The molecule has 8 heteroatoms. The number of carboxylic acids is 1. The van der Waals surface area contributed by atoms with E-state index in [1.54, 1.807) is 0 Å². The first kappa shape index (κ1) is 16.4. The number of carboxylic acid groups (broad SMARTS) is 1. The van der Waals surface area contributed by atoms with E-state index in [2.05, 4.69) is 0 Å². The van der Waals surface area contributed by atoms with Crippen LogP contribution in [0.2, 0.25) is 0 Å². The molecule has 0 aliphatic rings. The van der Waals surface area contributed by atoms with Crippen molar-refractivity contribution in [2.24, 2.45) is 0 Å². The van der Waals surface area contributed by atoms with E-state index in [9.17, 15) is 23.5 Å². The third-order valence-corrected chi connectivity index (χ3v) is 3.86. The maximum absolute atomic E-state index is 13.1. The maximum atomic E-state index is 13.1. The van der Waals surface area contributed by atoms with Crippen LogP contribution in [0.1, 0.15) is 22.3 Å². The van der Waals surface area contributed by atoms with Gasteiger partial charge in [0.1, 0.15) is 5.56 Å². The predicted molar refractivity (Wildman–Crippen MR) is 90.3 cm³/mol. The van der Waals surface area contributed by atoms with E-state index < -0.39 is 23.5 Å². The molecule has 0 spiro atoms. The van der Waals surface area contributed by atoms with E-state index in [1.165, 1.54) is 30.3 Å². The molecular formula is C17H13F2N3O3. The van der Waals surface area contributed by atoms with Gasteiger partial charge in [-0.15, -0.1) is 0 Å². The normalized spacial score (nSPS) is 11.2. The van der Waals surface area contributed by atoms with Crippen molar-refractivity contribution < 1.29 is 18.7 Å². The van der Waals surface area contributed by atoms with Crippen molar-refractivity contribution in [3.05, 3.63) is 63.9 Å². The SMILES string of the molecule is Nc1ccc(-n2c(=O)c(C(=O)O)c(N)c3ccc(C(F)F)cc32)cc1. The van der Waals surface area contributed by atoms with E-state index >= 15 is 0 Å². The third-order valence-electron chi connectivity index (χ3n) is 3.86. The van der Waals surface area contributed by atoms with Gasteiger partial charge in [0.2, 0.25) is 0 Å². The maximum Gasteiger partial charge on any atom is 0.343 e. The summed E-state index contributed by atoms with van der Waals surface area (Å²) in [5.41, 5.74) is 10.2. The summed E-state index contributed by atoms with van der Waals surface area (Å²) in [4.78, 5) is 24.2. The Bertz CT molecular complexity index is 1040. The van der Waals surface area contributed by atoms with Crippen LogP contribution in [0.5, 0.6) is 0 Å². The standard InChI is InChI=1S/C17H13F2N3O3/c18-15(19)8-1-6-11-12(7-8)22(10-4-2-9(20)3-5-10)16(23)13(14(11)21)17(24)25/h1-7,15H,20-21H2,(H,24,25). The number of nitrogens with zero attached hydrogens (tertiary/aromatic N) is 1. The Kier molecular flexibility index (Phi) is 3.88. The molecule has 0 bridgehead atoms. The summed E-state index contributed by atoms with van der Waals surface area (Å²) in [5, 5.41) is 9.52. The van der Waals surface area contributed by atoms with E-state index in [-0.39, 0.29) is 27.8 Å². The second kappa shape index (κ2) is 5.90. The summed E-state index contributed by atoms with van der Waals surface area (Å²) in [6.45, 7) is 0. The van der Waals surface area contributed by atoms with Crippen molar-refractivity contribution >= 4 is 28.2 Å². The van der Waals surface area contributed by atoms with Crippen molar-refractivity contribution in [3.8, 4) is 5.69 Å². The molecule has 128 valence electrons. The van der Waals surface area contributed by atoms with Crippen LogP contribution in [-0.4, -0.2) is 15.6 Å². The summed E-state index contributed by atoms with van der Waals surface area (Å²) < 4.78 is 27.2. The summed E-state index contributed by atoms with van der Waals surface area (Å²) in [6.07, 6.45) is -2.75. The number of halogens is 2. The van der Waals surface area contributed by atoms with E-state index in [0.717, 1.165) is 16.7 Å². The fourth-order valence-corrected chi connectivity index (χ4v) is 2.65. The number of rotatable bonds is 3. The number of benzene rings is 2. The largest absolute Gasteiger partial charge is 0.477 e. The molecule has 0 saturated carbocycles. The number of aromatic nitrogens is 1. The van der Waals surface area contributed by atoms with E-state index in [4.69, 9.17) is 11.5 Å². The number of fused-ring (bicyclic) bond motifs is 1. The molecule has 1 aromatic heterocycles. The highest BCUT2D eigenvalue weighted by molar-refractivity contribution is 6.04. The zero-order valence-electron chi connectivity index (χ0n) is 12.7. The zero-order chi connectivity index (χ0) is 18.3. The van der Waals surface area contributed by atoms with Gasteiger partial charge in [0.15, 0.2) is 0 Å². The topological polar surface area (TPSA) is 111 Å². The van der Waals surface area contributed by atoms with Crippen LogP contribution >= 0.6 is 0 Å². The lowest BCUT2D eigenvalue weighted by Crippen LogP contribution is -2.27. The molecule has 0 aliphatic carbocycles. The molecule has 2 aromatic carbocycles. The van der Waals surface area contributed by atoms with Crippen molar-refractivity contribution in [2.45, 2.75) is 6.43 Å². The van der Waals surface area contributed by atoms with Gasteiger partial charge >= 0.3 is 5.97 Å². The molecule has 0 amide bonds. The van der Waals surface area contributed by atoms with Crippen LogP contribution in [0, 0.1) is 0 Å². The highest BCUT2D eigenvalue weighted by atomic mass is 19.3. The predicted octanol–water partition coefficient (Wildman–Crippen LogP) is 2.79. The molecule has 5 N–H and O–H groups in total. The summed E-state index contributed by atoms with van der Waals surface area (Å²) in [7, 11) is 0. The summed E-state index contributed by atoms with van der Waals surface area (Å²) >= 11 is 0. The first-order valence-electron chi connectivity index (χ1n) is 7.16. The van der Waals surface area contributed by atoms with E-state index in [0.29, 0.717) is 5.69 Å². The number of hydrogen-bond donors (Lipinski definition) is 3. The molecule has 0 aliphatic heterocycles. The number of hydrogen-bond acceptors (Lipinski definition) is 4. The number of anilines is 2. The highest BCUT2D eigenvalue weighted by Crippen LogP contribution is 2.29. The van der Waals surface area contributed by atoms with Crippen LogP contribution in [0.25, 0.3) is 16.6 Å².